The van der Waals surface area contributed by atoms with Gasteiger partial charge in [0.05, 0.1) is 0 Å². The van der Waals surface area contributed by atoms with E-state index < -0.39 is 12.0 Å². The molecule has 120 valence electrons. The van der Waals surface area contributed by atoms with Crippen LogP contribution in [0, 0.1) is 0 Å². The fourth-order valence-electron chi connectivity index (χ4n) is 1.70. The normalized spacial score (nSPS) is 12.2. The zero-order valence-electron chi connectivity index (χ0n) is 12.0. The third-order valence-corrected chi connectivity index (χ3v) is 2.98. The summed E-state index contributed by atoms with van der Waals surface area (Å²) < 4.78 is 0. The van der Waals surface area contributed by atoms with Crippen molar-refractivity contribution >= 4 is 18.0 Å². The molecule has 1 unspecified atom stereocenters. The summed E-state index contributed by atoms with van der Waals surface area (Å²) in [4.78, 5) is 22.0. The fourth-order valence-corrected chi connectivity index (χ4v) is 1.70. The first-order chi connectivity index (χ1) is 10.4. The van der Waals surface area contributed by atoms with Gasteiger partial charge in [-0.1, -0.05) is 6.07 Å². The van der Waals surface area contributed by atoms with Crippen LogP contribution in [-0.4, -0.2) is 39.8 Å². The van der Waals surface area contributed by atoms with Crippen LogP contribution in [-0.2, 0) is 9.59 Å². The largest absolute Gasteiger partial charge is 0.504 e. The van der Waals surface area contributed by atoms with Gasteiger partial charge < -0.3 is 26.4 Å². The lowest BCUT2D eigenvalue weighted by Crippen LogP contribution is -2.30. The Bertz CT molecular complexity index is 557. The minimum Gasteiger partial charge on any atom is -0.504 e. The lowest BCUT2D eigenvalue weighted by molar-refractivity contribution is -0.138. The summed E-state index contributed by atoms with van der Waals surface area (Å²) in [6.07, 6.45) is 4.45. The Morgan fingerprint density at radius 2 is 1.95 bits per heavy atom. The van der Waals surface area contributed by atoms with Crippen LogP contribution >= 0.6 is 0 Å². The lowest BCUT2D eigenvalue weighted by atomic mass is 10.1. The fraction of sp³-hybridized carbons (Fsp3) is 0.333. The summed E-state index contributed by atoms with van der Waals surface area (Å²) in [5.74, 6) is -1.79. The maximum Gasteiger partial charge on any atom is 0.320 e. The summed E-state index contributed by atoms with van der Waals surface area (Å²) in [5, 5.41) is 29.7. The molecule has 0 aliphatic rings. The number of carboxylic acids is 1. The Morgan fingerprint density at radius 3 is 2.59 bits per heavy atom. The molecule has 1 amide bonds. The van der Waals surface area contributed by atoms with Gasteiger partial charge in [-0.05, 0) is 43.0 Å². The monoisotopic (exact) mass is 308 g/mol. The maximum absolute atomic E-state index is 11.5. The van der Waals surface area contributed by atoms with Gasteiger partial charge in [-0.2, -0.15) is 0 Å². The van der Waals surface area contributed by atoms with Gasteiger partial charge in [0, 0.05) is 12.6 Å². The van der Waals surface area contributed by atoms with Crippen molar-refractivity contribution in [1.29, 1.82) is 0 Å². The zero-order valence-corrected chi connectivity index (χ0v) is 12.0. The van der Waals surface area contributed by atoms with Crippen LogP contribution in [0.25, 0.3) is 6.08 Å². The standard InChI is InChI=1S/C15H20N2O5/c16-11(15(21)22)3-1-2-8-17-14(20)7-5-10-4-6-12(18)13(19)9-10/h4-7,9,11,18-19H,1-3,8,16H2,(H,17,20)(H,21,22)/b7-5+. The molecule has 0 spiro atoms. The van der Waals surface area contributed by atoms with E-state index in [1.807, 2.05) is 0 Å². The summed E-state index contributed by atoms with van der Waals surface area (Å²) in [5.41, 5.74) is 5.94. The van der Waals surface area contributed by atoms with E-state index in [2.05, 4.69) is 5.32 Å². The van der Waals surface area contributed by atoms with Crippen LogP contribution in [0.5, 0.6) is 11.5 Å². The predicted octanol–water partition coefficient (Wildman–Crippen LogP) is 0.809. The Hall–Kier alpha value is -2.54. The highest BCUT2D eigenvalue weighted by atomic mass is 16.4. The number of rotatable bonds is 8. The first kappa shape index (κ1) is 17.5. The first-order valence-electron chi connectivity index (χ1n) is 6.86. The average molecular weight is 308 g/mol. The molecule has 0 heterocycles. The molecule has 1 aromatic carbocycles. The van der Waals surface area contributed by atoms with E-state index in [0.717, 1.165) is 0 Å². The van der Waals surface area contributed by atoms with Crippen LogP contribution in [0.1, 0.15) is 24.8 Å². The SMILES string of the molecule is NC(CCCCNC(=O)/C=C/c1ccc(O)c(O)c1)C(=O)O. The van der Waals surface area contributed by atoms with Gasteiger partial charge in [0.2, 0.25) is 5.91 Å². The molecule has 0 aliphatic carbocycles. The molecular formula is C15H20N2O5. The van der Waals surface area contributed by atoms with Gasteiger partial charge in [0.15, 0.2) is 11.5 Å². The van der Waals surface area contributed by atoms with Crippen LogP contribution in [0.15, 0.2) is 24.3 Å². The molecule has 0 saturated carbocycles. The number of carboxylic acid groups (broad SMARTS) is 1. The van der Waals surface area contributed by atoms with Crippen molar-refractivity contribution in [2.75, 3.05) is 6.54 Å². The number of hydrogen-bond acceptors (Lipinski definition) is 5. The number of nitrogens with one attached hydrogen (secondary N) is 1. The molecular weight excluding hydrogens is 288 g/mol. The smallest absolute Gasteiger partial charge is 0.320 e. The van der Waals surface area contributed by atoms with Crippen molar-refractivity contribution in [1.82, 2.24) is 5.32 Å². The molecule has 0 aliphatic heterocycles. The molecule has 0 fully saturated rings. The van der Waals surface area contributed by atoms with Crippen molar-refractivity contribution in [3.05, 3.63) is 29.8 Å². The van der Waals surface area contributed by atoms with Gasteiger partial charge in [-0.15, -0.1) is 0 Å². The second-order valence-corrected chi connectivity index (χ2v) is 4.81. The van der Waals surface area contributed by atoms with E-state index in [1.54, 1.807) is 6.07 Å². The van der Waals surface area contributed by atoms with Crippen molar-refractivity contribution < 1.29 is 24.9 Å². The van der Waals surface area contributed by atoms with Crippen LogP contribution in [0.4, 0.5) is 0 Å². The van der Waals surface area contributed by atoms with Crippen molar-refractivity contribution in [2.45, 2.75) is 25.3 Å². The van der Waals surface area contributed by atoms with E-state index in [0.29, 0.717) is 31.4 Å². The van der Waals surface area contributed by atoms with Gasteiger partial charge >= 0.3 is 5.97 Å². The second-order valence-electron chi connectivity index (χ2n) is 4.81. The third kappa shape index (κ3) is 6.27. The molecule has 1 rings (SSSR count). The van der Waals surface area contributed by atoms with E-state index in [4.69, 9.17) is 15.9 Å². The Labute approximate surface area is 128 Å². The van der Waals surface area contributed by atoms with Crippen molar-refractivity contribution in [3.63, 3.8) is 0 Å². The van der Waals surface area contributed by atoms with Crippen LogP contribution < -0.4 is 11.1 Å². The number of benzene rings is 1. The molecule has 0 aromatic heterocycles. The van der Waals surface area contributed by atoms with Gasteiger partial charge in [0.25, 0.3) is 0 Å². The number of hydrogen-bond donors (Lipinski definition) is 5. The predicted molar refractivity (Wildman–Crippen MR) is 81.3 cm³/mol. The number of aliphatic carboxylic acids is 1. The zero-order chi connectivity index (χ0) is 16.5. The third-order valence-electron chi connectivity index (χ3n) is 2.98. The number of phenolic OH excluding ortho intramolecular Hbond substituents is 2. The Balaban J connectivity index is 2.27. The van der Waals surface area contributed by atoms with E-state index >= 15 is 0 Å². The highest BCUT2D eigenvalue weighted by Crippen LogP contribution is 2.25. The van der Waals surface area contributed by atoms with Crippen molar-refractivity contribution in [3.8, 4) is 11.5 Å². The highest BCUT2D eigenvalue weighted by molar-refractivity contribution is 5.91. The Morgan fingerprint density at radius 1 is 1.23 bits per heavy atom. The topological polar surface area (TPSA) is 133 Å². The number of carbonyl (C=O) groups excluding carboxylic acids is 1. The Kier molecular flexibility index (Phi) is 6.91. The highest BCUT2D eigenvalue weighted by Gasteiger charge is 2.09. The molecule has 0 bridgehead atoms. The quantitative estimate of drug-likeness (QED) is 0.274. The van der Waals surface area contributed by atoms with Gasteiger partial charge in [-0.25, -0.2) is 0 Å². The summed E-state index contributed by atoms with van der Waals surface area (Å²) in [6, 6.07) is 3.37. The summed E-state index contributed by atoms with van der Waals surface area (Å²) >= 11 is 0. The molecule has 0 radical (unpaired) electrons. The summed E-state index contributed by atoms with van der Waals surface area (Å²) in [6.45, 7) is 0.427. The molecule has 1 aromatic rings. The number of nitrogens with two attached hydrogens (primary N) is 1. The number of carbonyl (C=O) groups is 2. The average Bonchev–Trinajstić information content (AvgIpc) is 2.47. The summed E-state index contributed by atoms with van der Waals surface area (Å²) in [7, 11) is 0. The lowest BCUT2D eigenvalue weighted by Gasteiger charge is -2.06. The van der Waals surface area contributed by atoms with Crippen molar-refractivity contribution in [2.24, 2.45) is 5.73 Å². The number of aromatic hydroxyl groups is 2. The molecule has 7 heteroatoms. The van der Waals surface area contributed by atoms with Gasteiger partial charge in [0.1, 0.15) is 6.04 Å². The molecule has 6 N–H and O–H groups in total. The minimum absolute atomic E-state index is 0.221. The minimum atomic E-state index is -1.02. The second kappa shape index (κ2) is 8.68. The van der Waals surface area contributed by atoms with Crippen LogP contribution in [0.3, 0.4) is 0 Å². The van der Waals surface area contributed by atoms with E-state index in [9.17, 15) is 14.7 Å². The molecule has 1 atom stereocenters. The number of phenols is 2. The maximum atomic E-state index is 11.5. The first-order valence-corrected chi connectivity index (χ1v) is 6.86. The van der Waals surface area contributed by atoms with Crippen LogP contribution in [0.2, 0.25) is 0 Å². The van der Waals surface area contributed by atoms with E-state index in [-0.39, 0.29) is 17.4 Å². The number of unbranched alkanes of at least 4 members (excludes halogenated alkanes) is 1. The molecule has 22 heavy (non-hydrogen) atoms. The molecule has 0 saturated heterocycles. The van der Waals surface area contributed by atoms with Gasteiger partial charge in [-0.3, -0.25) is 9.59 Å². The molecule has 7 nitrogen and oxygen atoms in total. The number of amides is 1. The van der Waals surface area contributed by atoms with E-state index in [1.165, 1.54) is 24.3 Å².